The first-order valence-corrected chi connectivity index (χ1v) is 6.82. The van der Waals surface area contributed by atoms with Crippen LogP contribution in [0.3, 0.4) is 0 Å². The summed E-state index contributed by atoms with van der Waals surface area (Å²) >= 11 is 0. The Labute approximate surface area is 108 Å². The first kappa shape index (κ1) is 13.3. The summed E-state index contributed by atoms with van der Waals surface area (Å²) < 4.78 is 0. The molecule has 0 saturated carbocycles. The van der Waals surface area contributed by atoms with Crippen LogP contribution in [0.25, 0.3) is 0 Å². The third kappa shape index (κ3) is 2.83. The van der Waals surface area contributed by atoms with Gasteiger partial charge in [0.25, 0.3) is 0 Å². The minimum Gasteiger partial charge on any atom is -0.481 e. The van der Waals surface area contributed by atoms with Gasteiger partial charge < -0.3 is 15.3 Å². The number of carbonyl (C=O) groups excluding carboxylic acids is 1. The number of piperidine rings is 2. The largest absolute Gasteiger partial charge is 0.481 e. The van der Waals surface area contributed by atoms with Gasteiger partial charge in [0.2, 0.25) is 5.91 Å². The van der Waals surface area contributed by atoms with E-state index >= 15 is 0 Å². The van der Waals surface area contributed by atoms with E-state index in [1.54, 1.807) is 4.90 Å². The van der Waals surface area contributed by atoms with Crippen molar-refractivity contribution in [2.75, 3.05) is 26.2 Å². The van der Waals surface area contributed by atoms with E-state index in [1.807, 2.05) is 0 Å². The molecule has 0 aromatic carbocycles. The lowest BCUT2D eigenvalue weighted by molar-refractivity contribution is -0.147. The maximum Gasteiger partial charge on any atom is 0.308 e. The van der Waals surface area contributed by atoms with Gasteiger partial charge in [-0.15, -0.1) is 0 Å². The monoisotopic (exact) mass is 254 g/mol. The normalized spacial score (nSPS) is 33.2. The van der Waals surface area contributed by atoms with Gasteiger partial charge in [-0.25, -0.2) is 0 Å². The van der Waals surface area contributed by atoms with Gasteiger partial charge in [-0.3, -0.25) is 9.59 Å². The molecule has 0 aromatic heterocycles. The summed E-state index contributed by atoms with van der Waals surface area (Å²) in [4.78, 5) is 25.2. The Hall–Kier alpha value is -1.10. The maximum atomic E-state index is 12.4. The third-order valence-electron chi connectivity index (χ3n) is 4.18. The number of hydrogen-bond acceptors (Lipinski definition) is 3. The number of nitrogens with zero attached hydrogens (tertiary/aromatic N) is 1. The number of aliphatic carboxylic acids is 1. The van der Waals surface area contributed by atoms with Crippen molar-refractivity contribution >= 4 is 11.9 Å². The van der Waals surface area contributed by atoms with Crippen LogP contribution >= 0.6 is 0 Å². The highest BCUT2D eigenvalue weighted by molar-refractivity contribution is 5.80. The first-order valence-electron chi connectivity index (χ1n) is 6.82. The van der Waals surface area contributed by atoms with E-state index in [4.69, 9.17) is 5.11 Å². The molecule has 0 aromatic rings. The predicted molar refractivity (Wildman–Crippen MR) is 67.1 cm³/mol. The average molecular weight is 254 g/mol. The van der Waals surface area contributed by atoms with E-state index in [0.717, 1.165) is 32.5 Å². The minimum absolute atomic E-state index is 0.0683. The molecule has 2 saturated heterocycles. The molecule has 0 bridgehead atoms. The Morgan fingerprint density at radius 3 is 2.78 bits per heavy atom. The molecule has 3 atom stereocenters. The lowest BCUT2D eigenvalue weighted by Crippen LogP contribution is -2.49. The second-order valence-electron chi connectivity index (χ2n) is 5.54. The zero-order valence-electron chi connectivity index (χ0n) is 10.9. The summed E-state index contributed by atoms with van der Waals surface area (Å²) in [6.45, 7) is 4.97. The first-order chi connectivity index (χ1) is 8.59. The van der Waals surface area contributed by atoms with E-state index in [2.05, 4.69) is 12.2 Å². The van der Waals surface area contributed by atoms with E-state index in [9.17, 15) is 9.59 Å². The lowest BCUT2D eigenvalue weighted by atomic mass is 9.85. The summed E-state index contributed by atoms with van der Waals surface area (Å²) in [6, 6.07) is 0. The van der Waals surface area contributed by atoms with Crippen LogP contribution in [0.1, 0.15) is 26.2 Å². The Bertz CT molecular complexity index is 332. The summed E-state index contributed by atoms with van der Waals surface area (Å²) in [5.74, 6) is -0.573. The highest BCUT2D eigenvalue weighted by Gasteiger charge is 2.34. The number of rotatable bonds is 2. The minimum atomic E-state index is -0.772. The van der Waals surface area contributed by atoms with Gasteiger partial charge in [0.1, 0.15) is 0 Å². The molecule has 18 heavy (non-hydrogen) atoms. The summed E-state index contributed by atoms with van der Waals surface area (Å²) in [7, 11) is 0. The molecular weight excluding hydrogens is 232 g/mol. The van der Waals surface area contributed by atoms with Gasteiger partial charge in [-0.05, 0) is 38.3 Å². The molecule has 2 rings (SSSR count). The molecule has 2 heterocycles. The molecule has 2 aliphatic rings. The van der Waals surface area contributed by atoms with Gasteiger partial charge in [0, 0.05) is 19.0 Å². The van der Waals surface area contributed by atoms with Crippen molar-refractivity contribution < 1.29 is 14.7 Å². The number of carboxylic acid groups (broad SMARTS) is 1. The zero-order valence-corrected chi connectivity index (χ0v) is 10.9. The van der Waals surface area contributed by atoms with E-state index in [1.165, 1.54) is 0 Å². The Kier molecular flexibility index (Phi) is 4.22. The highest BCUT2D eigenvalue weighted by atomic mass is 16.4. The van der Waals surface area contributed by atoms with Crippen molar-refractivity contribution in [3.8, 4) is 0 Å². The van der Waals surface area contributed by atoms with E-state index in [0.29, 0.717) is 18.9 Å². The Morgan fingerprint density at radius 1 is 1.33 bits per heavy atom. The van der Waals surface area contributed by atoms with Gasteiger partial charge in [0.05, 0.1) is 5.92 Å². The molecule has 102 valence electrons. The number of likely N-dealkylation sites (tertiary alicyclic amines) is 1. The van der Waals surface area contributed by atoms with Crippen LogP contribution in [0.4, 0.5) is 0 Å². The zero-order chi connectivity index (χ0) is 13.1. The van der Waals surface area contributed by atoms with Crippen LogP contribution in [0.15, 0.2) is 0 Å². The fraction of sp³-hybridized carbons (Fsp3) is 0.846. The maximum absolute atomic E-state index is 12.4. The lowest BCUT2D eigenvalue weighted by Gasteiger charge is -2.36. The van der Waals surface area contributed by atoms with Crippen LogP contribution in [0.5, 0.6) is 0 Å². The quantitative estimate of drug-likeness (QED) is 0.755. The molecule has 2 unspecified atom stereocenters. The molecule has 2 aliphatic heterocycles. The van der Waals surface area contributed by atoms with Crippen molar-refractivity contribution in [1.29, 1.82) is 0 Å². The molecule has 2 N–H and O–H groups in total. The molecular formula is C13H22N2O3. The second kappa shape index (κ2) is 5.69. The van der Waals surface area contributed by atoms with Gasteiger partial charge in [-0.2, -0.15) is 0 Å². The number of nitrogens with one attached hydrogen (secondary N) is 1. The average Bonchev–Trinajstić information content (AvgIpc) is 2.38. The molecule has 1 amide bonds. The van der Waals surface area contributed by atoms with Gasteiger partial charge in [-0.1, -0.05) is 6.92 Å². The predicted octanol–water partition coefficient (Wildman–Crippen LogP) is 0.555. The second-order valence-corrected chi connectivity index (χ2v) is 5.54. The van der Waals surface area contributed by atoms with Crippen molar-refractivity contribution in [1.82, 2.24) is 10.2 Å². The fourth-order valence-corrected chi connectivity index (χ4v) is 2.99. The van der Waals surface area contributed by atoms with Crippen LogP contribution in [-0.4, -0.2) is 48.1 Å². The topological polar surface area (TPSA) is 69.6 Å². The van der Waals surface area contributed by atoms with Gasteiger partial charge >= 0.3 is 5.97 Å². The van der Waals surface area contributed by atoms with Crippen LogP contribution in [0.2, 0.25) is 0 Å². The Balaban J connectivity index is 1.97. The van der Waals surface area contributed by atoms with Crippen molar-refractivity contribution in [3.05, 3.63) is 0 Å². The van der Waals surface area contributed by atoms with Crippen molar-refractivity contribution in [2.24, 2.45) is 17.8 Å². The summed E-state index contributed by atoms with van der Waals surface area (Å²) in [5, 5.41) is 12.3. The van der Waals surface area contributed by atoms with E-state index < -0.39 is 5.97 Å². The Morgan fingerprint density at radius 2 is 2.11 bits per heavy atom. The standard InChI is InChI=1S/C13H22N2O3/c1-9-7-14-5-4-11(9)12(16)15-6-2-3-10(8-15)13(17)18/h9-11,14H,2-8H2,1H3,(H,17,18)/t9?,10-,11?/m0/s1. The van der Waals surface area contributed by atoms with Crippen LogP contribution in [0, 0.1) is 17.8 Å². The van der Waals surface area contributed by atoms with Gasteiger partial charge in [0.15, 0.2) is 0 Å². The van der Waals surface area contributed by atoms with Crippen LogP contribution in [-0.2, 0) is 9.59 Å². The number of carboxylic acids is 1. The molecule has 5 nitrogen and oxygen atoms in total. The molecule has 2 fully saturated rings. The molecule has 0 aliphatic carbocycles. The SMILES string of the molecule is CC1CNCCC1C(=O)N1CCC[C@H](C(=O)O)C1. The number of hydrogen-bond donors (Lipinski definition) is 2. The molecule has 5 heteroatoms. The third-order valence-corrected chi connectivity index (χ3v) is 4.18. The number of carbonyl (C=O) groups is 2. The van der Waals surface area contributed by atoms with E-state index in [-0.39, 0.29) is 17.7 Å². The molecule has 0 spiro atoms. The fourth-order valence-electron chi connectivity index (χ4n) is 2.99. The molecule has 0 radical (unpaired) electrons. The van der Waals surface area contributed by atoms with Crippen molar-refractivity contribution in [3.63, 3.8) is 0 Å². The number of amides is 1. The highest BCUT2D eigenvalue weighted by Crippen LogP contribution is 2.24. The summed E-state index contributed by atoms with van der Waals surface area (Å²) in [6.07, 6.45) is 2.37. The van der Waals surface area contributed by atoms with Crippen LogP contribution < -0.4 is 5.32 Å². The van der Waals surface area contributed by atoms with Crippen molar-refractivity contribution in [2.45, 2.75) is 26.2 Å². The summed E-state index contributed by atoms with van der Waals surface area (Å²) in [5.41, 5.74) is 0. The smallest absolute Gasteiger partial charge is 0.308 e.